The van der Waals surface area contributed by atoms with E-state index in [0.29, 0.717) is 18.5 Å². The first-order valence-electron chi connectivity index (χ1n) is 9.14. The van der Waals surface area contributed by atoms with Crippen molar-refractivity contribution in [3.63, 3.8) is 0 Å². The van der Waals surface area contributed by atoms with E-state index in [2.05, 4.69) is 34.5 Å². The van der Waals surface area contributed by atoms with E-state index in [9.17, 15) is 9.59 Å². The van der Waals surface area contributed by atoms with E-state index in [1.165, 1.54) is 48.1 Å². The summed E-state index contributed by atoms with van der Waals surface area (Å²) in [4.78, 5) is 27.3. The van der Waals surface area contributed by atoms with Crippen LogP contribution in [-0.4, -0.2) is 54.0 Å². The molecule has 5 heteroatoms. The zero-order valence-corrected chi connectivity index (χ0v) is 14.0. The maximum atomic E-state index is 11.8. The van der Waals surface area contributed by atoms with Crippen LogP contribution in [0.5, 0.6) is 0 Å². The van der Waals surface area contributed by atoms with Gasteiger partial charge in [0.1, 0.15) is 0 Å². The third kappa shape index (κ3) is 2.81. The fraction of sp³-hybridized carbons (Fsp3) is 0.579. The van der Waals surface area contributed by atoms with Gasteiger partial charge < -0.3 is 5.32 Å². The van der Waals surface area contributed by atoms with Gasteiger partial charge >= 0.3 is 6.03 Å². The number of imide groups is 1. The summed E-state index contributed by atoms with van der Waals surface area (Å²) in [5, 5.41) is 2.60. The molecule has 1 aromatic rings. The van der Waals surface area contributed by atoms with Crippen molar-refractivity contribution in [2.24, 2.45) is 0 Å². The highest BCUT2D eigenvalue weighted by Gasteiger charge is 2.36. The van der Waals surface area contributed by atoms with Crippen LogP contribution < -0.4 is 5.32 Å². The Labute approximate surface area is 143 Å². The Hall–Kier alpha value is -1.88. The third-order valence-corrected chi connectivity index (χ3v) is 5.84. The first-order chi connectivity index (χ1) is 11.7. The van der Waals surface area contributed by atoms with E-state index in [1.807, 2.05) is 0 Å². The molecule has 24 heavy (non-hydrogen) atoms. The van der Waals surface area contributed by atoms with Gasteiger partial charge in [0.2, 0.25) is 5.91 Å². The van der Waals surface area contributed by atoms with Gasteiger partial charge in [0.25, 0.3) is 0 Å². The highest BCUT2D eigenvalue weighted by Crippen LogP contribution is 2.39. The standard InChI is InChI=1S/C19H25N3O2/c23-18-13-20-19(24)22(18)12-11-21-10-4-9-17(21)16-8-3-6-14-5-1-2-7-15(14)16/h1-2,5,7,16-17H,3-4,6,8-13H2,(H,20,24)/t16-,17+/m1/s1. The highest BCUT2D eigenvalue weighted by molar-refractivity contribution is 6.01. The second kappa shape index (κ2) is 6.55. The first-order valence-corrected chi connectivity index (χ1v) is 9.14. The summed E-state index contributed by atoms with van der Waals surface area (Å²) >= 11 is 0. The zero-order valence-electron chi connectivity index (χ0n) is 14.0. The van der Waals surface area contributed by atoms with E-state index in [0.717, 1.165) is 13.1 Å². The Kier molecular flexibility index (Phi) is 4.27. The van der Waals surface area contributed by atoms with Crippen molar-refractivity contribution in [2.75, 3.05) is 26.2 Å². The van der Waals surface area contributed by atoms with Crippen LogP contribution in [0.15, 0.2) is 24.3 Å². The molecule has 2 saturated heterocycles. The lowest BCUT2D eigenvalue weighted by molar-refractivity contribution is -0.125. The van der Waals surface area contributed by atoms with E-state index >= 15 is 0 Å². The SMILES string of the molecule is O=C1CNC(=O)N1CCN1CCC[C@H]1[C@@H]1CCCc2ccccc21. The number of urea groups is 1. The van der Waals surface area contributed by atoms with Gasteiger partial charge in [-0.1, -0.05) is 24.3 Å². The number of nitrogens with one attached hydrogen (secondary N) is 1. The first kappa shape index (κ1) is 15.6. The molecule has 0 saturated carbocycles. The normalized spacial score (nSPS) is 27.4. The molecule has 128 valence electrons. The van der Waals surface area contributed by atoms with E-state index in [1.54, 1.807) is 0 Å². The summed E-state index contributed by atoms with van der Waals surface area (Å²) in [6.45, 7) is 2.53. The molecule has 2 heterocycles. The minimum atomic E-state index is -0.237. The summed E-state index contributed by atoms with van der Waals surface area (Å²) < 4.78 is 0. The average Bonchev–Trinajstić information content (AvgIpc) is 3.19. The van der Waals surface area contributed by atoms with Gasteiger partial charge in [-0.15, -0.1) is 0 Å². The van der Waals surface area contributed by atoms with Crippen molar-refractivity contribution in [1.29, 1.82) is 0 Å². The van der Waals surface area contributed by atoms with Gasteiger partial charge in [0.05, 0.1) is 6.54 Å². The second-order valence-corrected chi connectivity index (χ2v) is 7.15. The molecular weight excluding hydrogens is 302 g/mol. The third-order valence-electron chi connectivity index (χ3n) is 5.84. The number of aryl methyl sites for hydroxylation is 1. The molecule has 1 aliphatic carbocycles. The minimum Gasteiger partial charge on any atom is -0.329 e. The lowest BCUT2D eigenvalue weighted by atomic mass is 9.78. The molecule has 1 aromatic carbocycles. The number of carbonyl (C=O) groups excluding carboxylic acids is 2. The molecule has 5 nitrogen and oxygen atoms in total. The molecule has 0 radical (unpaired) electrons. The number of likely N-dealkylation sites (tertiary alicyclic amines) is 1. The molecule has 0 aromatic heterocycles. The number of amides is 3. The quantitative estimate of drug-likeness (QED) is 0.862. The number of benzene rings is 1. The topological polar surface area (TPSA) is 52.7 Å². The van der Waals surface area contributed by atoms with Crippen LogP contribution in [0.4, 0.5) is 4.79 Å². The molecule has 3 aliphatic rings. The number of nitrogens with zero attached hydrogens (tertiary/aromatic N) is 2. The van der Waals surface area contributed by atoms with E-state index in [-0.39, 0.29) is 18.5 Å². The van der Waals surface area contributed by atoms with Crippen LogP contribution in [0.1, 0.15) is 42.7 Å². The van der Waals surface area contributed by atoms with Crippen LogP contribution in [0.3, 0.4) is 0 Å². The molecule has 3 amide bonds. The van der Waals surface area contributed by atoms with E-state index < -0.39 is 0 Å². The van der Waals surface area contributed by atoms with Gasteiger partial charge in [-0.2, -0.15) is 0 Å². The molecular formula is C19H25N3O2. The average molecular weight is 327 g/mol. The Morgan fingerprint density at radius 2 is 1.96 bits per heavy atom. The summed E-state index contributed by atoms with van der Waals surface area (Å²) in [6, 6.07) is 9.18. The molecule has 2 aliphatic heterocycles. The Bertz CT molecular complexity index is 629. The Balaban J connectivity index is 1.46. The second-order valence-electron chi connectivity index (χ2n) is 7.15. The fourth-order valence-corrected chi connectivity index (χ4v) is 4.69. The van der Waals surface area contributed by atoms with Crippen molar-refractivity contribution in [3.8, 4) is 0 Å². The monoisotopic (exact) mass is 327 g/mol. The largest absolute Gasteiger partial charge is 0.329 e. The summed E-state index contributed by atoms with van der Waals surface area (Å²) in [5.41, 5.74) is 3.03. The number of hydrogen-bond acceptors (Lipinski definition) is 3. The van der Waals surface area contributed by atoms with Gasteiger partial charge in [-0.05, 0) is 55.7 Å². The van der Waals surface area contributed by atoms with Crippen LogP contribution in [0, 0.1) is 0 Å². The highest BCUT2D eigenvalue weighted by atomic mass is 16.2. The number of fused-ring (bicyclic) bond motifs is 1. The molecule has 0 spiro atoms. The molecule has 4 rings (SSSR count). The van der Waals surface area contributed by atoms with Crippen molar-refractivity contribution < 1.29 is 9.59 Å². The lowest BCUT2D eigenvalue weighted by Crippen LogP contribution is -2.42. The molecule has 0 unspecified atom stereocenters. The van der Waals surface area contributed by atoms with Crippen LogP contribution in [0.25, 0.3) is 0 Å². The predicted molar refractivity (Wildman–Crippen MR) is 91.8 cm³/mol. The van der Waals surface area contributed by atoms with Gasteiger partial charge in [-0.25, -0.2) is 4.79 Å². The van der Waals surface area contributed by atoms with Crippen LogP contribution in [0.2, 0.25) is 0 Å². The Morgan fingerprint density at radius 1 is 1.08 bits per heavy atom. The summed E-state index contributed by atoms with van der Waals surface area (Å²) in [6.07, 6.45) is 6.14. The summed E-state index contributed by atoms with van der Waals surface area (Å²) in [7, 11) is 0. The van der Waals surface area contributed by atoms with Crippen LogP contribution >= 0.6 is 0 Å². The van der Waals surface area contributed by atoms with Crippen LogP contribution in [-0.2, 0) is 11.2 Å². The smallest absolute Gasteiger partial charge is 0.324 e. The maximum absolute atomic E-state index is 11.8. The molecule has 0 bridgehead atoms. The minimum absolute atomic E-state index is 0.0984. The Morgan fingerprint density at radius 3 is 2.79 bits per heavy atom. The lowest BCUT2D eigenvalue weighted by Gasteiger charge is -2.36. The molecule has 1 N–H and O–H groups in total. The fourth-order valence-electron chi connectivity index (χ4n) is 4.69. The number of carbonyl (C=O) groups is 2. The predicted octanol–water partition coefficient (Wildman–Crippen LogP) is 2.12. The van der Waals surface area contributed by atoms with E-state index in [4.69, 9.17) is 0 Å². The molecule has 2 fully saturated rings. The number of hydrogen-bond donors (Lipinski definition) is 1. The van der Waals surface area contributed by atoms with Gasteiger partial charge in [0.15, 0.2) is 0 Å². The summed E-state index contributed by atoms with van der Waals surface area (Å²) in [5.74, 6) is 0.499. The van der Waals surface area contributed by atoms with Gasteiger partial charge in [0, 0.05) is 19.1 Å². The van der Waals surface area contributed by atoms with Crippen molar-refractivity contribution in [3.05, 3.63) is 35.4 Å². The number of rotatable bonds is 4. The maximum Gasteiger partial charge on any atom is 0.324 e. The molecule has 2 atom stereocenters. The van der Waals surface area contributed by atoms with Gasteiger partial charge in [-0.3, -0.25) is 14.6 Å². The van der Waals surface area contributed by atoms with Crippen molar-refractivity contribution >= 4 is 11.9 Å². The van der Waals surface area contributed by atoms with Crippen molar-refractivity contribution in [1.82, 2.24) is 15.1 Å². The van der Waals surface area contributed by atoms with Crippen molar-refractivity contribution in [2.45, 2.75) is 44.1 Å². The zero-order chi connectivity index (χ0) is 16.5.